The van der Waals surface area contributed by atoms with Crippen LogP contribution in [0.4, 0.5) is 0 Å². The van der Waals surface area contributed by atoms with E-state index in [0.29, 0.717) is 29.4 Å². The minimum absolute atomic E-state index is 0.00531. The number of carbonyl (C=O) groups excluding carboxylic acids is 1. The molecule has 3 rings (SSSR count). The fourth-order valence-corrected chi connectivity index (χ4v) is 3.22. The summed E-state index contributed by atoms with van der Waals surface area (Å²) in [6, 6.07) is 13.0. The zero-order valence-corrected chi connectivity index (χ0v) is 14.5. The first-order valence-corrected chi connectivity index (χ1v) is 8.45. The molecule has 0 unspecified atom stereocenters. The Morgan fingerprint density at radius 2 is 1.88 bits per heavy atom. The number of ketones is 1. The van der Waals surface area contributed by atoms with E-state index in [4.69, 9.17) is 0 Å². The lowest BCUT2D eigenvalue weighted by Gasteiger charge is -2.17. The van der Waals surface area contributed by atoms with Crippen LogP contribution < -0.4 is 5.43 Å². The molecule has 1 N–H and O–H groups in total. The Morgan fingerprint density at radius 1 is 1.16 bits per heavy atom. The molecule has 0 aliphatic rings. The predicted octanol–water partition coefficient (Wildman–Crippen LogP) is 3.91. The number of aryl methyl sites for hydroxylation is 1. The van der Waals surface area contributed by atoms with Gasteiger partial charge in [0.2, 0.25) is 0 Å². The lowest BCUT2D eigenvalue weighted by atomic mass is 9.97. The van der Waals surface area contributed by atoms with E-state index in [1.165, 1.54) is 19.1 Å². The quantitative estimate of drug-likeness (QED) is 0.719. The van der Waals surface area contributed by atoms with Gasteiger partial charge in [-0.1, -0.05) is 43.7 Å². The van der Waals surface area contributed by atoms with Crippen molar-refractivity contribution in [2.75, 3.05) is 0 Å². The summed E-state index contributed by atoms with van der Waals surface area (Å²) in [4.78, 5) is 24.3. The van der Waals surface area contributed by atoms with Crippen LogP contribution in [-0.2, 0) is 13.0 Å². The zero-order valence-electron chi connectivity index (χ0n) is 14.5. The summed E-state index contributed by atoms with van der Waals surface area (Å²) in [6.07, 6.45) is 3.16. The summed E-state index contributed by atoms with van der Waals surface area (Å²) in [5.74, 6) is -0.246. The minimum Gasteiger partial charge on any atom is -0.507 e. The van der Waals surface area contributed by atoms with Crippen molar-refractivity contribution in [2.24, 2.45) is 0 Å². The van der Waals surface area contributed by atoms with Gasteiger partial charge in [0.15, 0.2) is 11.2 Å². The topological polar surface area (TPSA) is 59.3 Å². The van der Waals surface area contributed by atoms with Crippen LogP contribution in [0.25, 0.3) is 10.9 Å². The molecule has 0 saturated heterocycles. The Balaban J connectivity index is 2.32. The number of phenolic OH excluding ortho intramolecular Hbond substituents is 1. The van der Waals surface area contributed by atoms with Crippen molar-refractivity contribution in [1.82, 2.24) is 4.57 Å². The summed E-state index contributed by atoms with van der Waals surface area (Å²) in [5.41, 5.74) is 2.55. The van der Waals surface area contributed by atoms with Crippen molar-refractivity contribution in [2.45, 2.75) is 33.2 Å². The highest BCUT2D eigenvalue weighted by Crippen LogP contribution is 2.31. The van der Waals surface area contributed by atoms with Gasteiger partial charge in [-0.05, 0) is 25.0 Å². The third-order valence-corrected chi connectivity index (χ3v) is 4.40. The van der Waals surface area contributed by atoms with E-state index >= 15 is 0 Å². The highest BCUT2D eigenvalue weighted by molar-refractivity contribution is 6.02. The highest BCUT2D eigenvalue weighted by atomic mass is 16.3. The van der Waals surface area contributed by atoms with Crippen LogP contribution in [0.15, 0.2) is 53.5 Å². The third-order valence-electron chi connectivity index (χ3n) is 4.40. The maximum Gasteiger partial charge on any atom is 0.189 e. The van der Waals surface area contributed by atoms with E-state index in [-0.39, 0.29) is 22.5 Å². The van der Waals surface area contributed by atoms with E-state index in [9.17, 15) is 14.7 Å². The molecule has 4 heteroatoms. The summed E-state index contributed by atoms with van der Waals surface area (Å²) < 4.78 is 1.97. The van der Waals surface area contributed by atoms with E-state index in [0.717, 1.165) is 12.0 Å². The molecule has 1 heterocycles. The molecule has 0 radical (unpaired) electrons. The standard InChI is InChI=1S/C21H21NO3/c1-3-7-16-20-18(12-17(14(2)23)21(16)25)19(24)10-11-22(20)13-15-8-5-4-6-9-15/h4-6,8-12,25H,3,7,13H2,1-2H3. The maximum atomic E-state index is 12.4. The lowest BCUT2D eigenvalue weighted by molar-refractivity contribution is 0.101. The second-order valence-corrected chi connectivity index (χ2v) is 6.25. The molecule has 3 aromatic rings. The maximum absolute atomic E-state index is 12.4. The minimum atomic E-state index is -0.241. The number of Topliss-reactive ketones (excluding diaryl/α,β-unsaturated/α-hetero) is 1. The fourth-order valence-electron chi connectivity index (χ4n) is 3.22. The van der Waals surface area contributed by atoms with Crippen molar-refractivity contribution in [3.63, 3.8) is 0 Å². The molecule has 0 aliphatic carbocycles. The number of aromatic hydroxyl groups is 1. The zero-order chi connectivity index (χ0) is 18.0. The molecule has 1 aromatic heterocycles. The Kier molecular flexibility index (Phi) is 4.70. The van der Waals surface area contributed by atoms with Crippen molar-refractivity contribution >= 4 is 16.7 Å². The van der Waals surface area contributed by atoms with Crippen LogP contribution in [-0.4, -0.2) is 15.5 Å². The number of benzene rings is 2. The van der Waals surface area contributed by atoms with Gasteiger partial charge in [0.25, 0.3) is 0 Å². The van der Waals surface area contributed by atoms with Gasteiger partial charge >= 0.3 is 0 Å². The number of fused-ring (bicyclic) bond motifs is 1. The van der Waals surface area contributed by atoms with Gasteiger partial charge in [-0.25, -0.2) is 0 Å². The molecular weight excluding hydrogens is 314 g/mol. The van der Waals surface area contributed by atoms with Crippen molar-refractivity contribution < 1.29 is 9.90 Å². The second-order valence-electron chi connectivity index (χ2n) is 6.25. The van der Waals surface area contributed by atoms with E-state index in [1.807, 2.05) is 41.8 Å². The number of nitrogens with zero attached hydrogens (tertiary/aromatic N) is 1. The molecule has 4 nitrogen and oxygen atoms in total. The first kappa shape index (κ1) is 17.0. The Morgan fingerprint density at radius 3 is 2.52 bits per heavy atom. The smallest absolute Gasteiger partial charge is 0.189 e. The van der Waals surface area contributed by atoms with Gasteiger partial charge < -0.3 is 9.67 Å². The lowest BCUT2D eigenvalue weighted by Crippen LogP contribution is -2.12. The van der Waals surface area contributed by atoms with E-state index in [2.05, 4.69) is 0 Å². The molecule has 2 aromatic carbocycles. The van der Waals surface area contributed by atoms with Crippen LogP contribution in [0.2, 0.25) is 0 Å². The van der Waals surface area contributed by atoms with Crippen LogP contribution in [0.1, 0.15) is 41.8 Å². The summed E-state index contributed by atoms with van der Waals surface area (Å²) >= 11 is 0. The van der Waals surface area contributed by atoms with Crippen molar-refractivity contribution in [1.29, 1.82) is 0 Å². The number of carbonyl (C=O) groups is 1. The number of pyridine rings is 1. The van der Waals surface area contributed by atoms with Crippen LogP contribution in [0.3, 0.4) is 0 Å². The van der Waals surface area contributed by atoms with Gasteiger partial charge in [-0.15, -0.1) is 0 Å². The average molecular weight is 335 g/mol. The Labute approximate surface area is 146 Å². The first-order chi connectivity index (χ1) is 12.0. The molecule has 25 heavy (non-hydrogen) atoms. The largest absolute Gasteiger partial charge is 0.507 e. The number of aromatic nitrogens is 1. The molecule has 0 aliphatic heterocycles. The SMILES string of the molecule is CCCc1c(O)c(C(C)=O)cc2c(=O)ccn(Cc3ccccc3)c12. The third kappa shape index (κ3) is 3.20. The van der Waals surface area contributed by atoms with Gasteiger partial charge in [-0.3, -0.25) is 9.59 Å². The molecular formula is C21H21NO3. The second kappa shape index (κ2) is 6.93. The van der Waals surface area contributed by atoms with Gasteiger partial charge in [0.05, 0.1) is 11.1 Å². The van der Waals surface area contributed by atoms with Gasteiger partial charge in [0, 0.05) is 29.8 Å². The normalized spacial score (nSPS) is 11.0. The number of hydrogen-bond acceptors (Lipinski definition) is 3. The highest BCUT2D eigenvalue weighted by Gasteiger charge is 2.18. The molecule has 0 spiro atoms. The number of hydrogen-bond donors (Lipinski definition) is 1. The summed E-state index contributed by atoms with van der Waals surface area (Å²) in [7, 11) is 0. The van der Waals surface area contributed by atoms with Crippen LogP contribution >= 0.6 is 0 Å². The predicted molar refractivity (Wildman–Crippen MR) is 99.4 cm³/mol. The number of rotatable bonds is 5. The van der Waals surface area contributed by atoms with Crippen molar-refractivity contribution in [3.8, 4) is 5.75 Å². The van der Waals surface area contributed by atoms with Gasteiger partial charge in [-0.2, -0.15) is 0 Å². The van der Waals surface area contributed by atoms with Crippen molar-refractivity contribution in [3.05, 3.63) is 75.6 Å². The molecule has 0 amide bonds. The Bertz CT molecular complexity index is 987. The summed E-state index contributed by atoms with van der Waals surface area (Å²) in [5, 5.41) is 11.1. The van der Waals surface area contributed by atoms with Gasteiger partial charge in [0.1, 0.15) is 5.75 Å². The molecule has 0 atom stereocenters. The van der Waals surface area contributed by atoms with E-state index < -0.39 is 0 Å². The average Bonchev–Trinajstić information content (AvgIpc) is 2.60. The molecule has 0 bridgehead atoms. The molecule has 128 valence electrons. The van der Waals surface area contributed by atoms with Crippen LogP contribution in [0.5, 0.6) is 5.75 Å². The van der Waals surface area contributed by atoms with Crippen LogP contribution in [0, 0.1) is 0 Å². The Hall–Kier alpha value is -2.88. The first-order valence-electron chi connectivity index (χ1n) is 8.45. The molecule has 0 saturated carbocycles. The van der Waals surface area contributed by atoms with E-state index in [1.54, 1.807) is 6.20 Å². The number of phenols is 1. The molecule has 0 fully saturated rings. The fraction of sp³-hybridized carbons (Fsp3) is 0.238. The summed E-state index contributed by atoms with van der Waals surface area (Å²) in [6.45, 7) is 4.00. The monoisotopic (exact) mass is 335 g/mol.